The molecule has 2 saturated heterocycles. The van der Waals surface area contributed by atoms with Gasteiger partial charge in [0.2, 0.25) is 0 Å². The van der Waals surface area contributed by atoms with Gasteiger partial charge in [-0.15, -0.1) is 0 Å². The first-order valence-electron chi connectivity index (χ1n) is 10.4. The van der Waals surface area contributed by atoms with Crippen LogP contribution in [0.1, 0.15) is 30.7 Å². The molecule has 158 valence electrons. The van der Waals surface area contributed by atoms with Crippen molar-refractivity contribution in [2.24, 2.45) is 13.0 Å². The van der Waals surface area contributed by atoms with E-state index in [1.54, 1.807) is 22.1 Å². The second kappa shape index (κ2) is 8.95. The number of imidazole rings is 1. The minimum Gasteiger partial charge on any atom is -0.381 e. The fraction of sp³-hybridized carbons (Fsp3) is 0.571. The Hall–Kier alpha value is -1.74. The number of benzene rings is 1. The van der Waals surface area contributed by atoms with Gasteiger partial charge >= 0.3 is 0 Å². The average molecular weight is 419 g/mol. The van der Waals surface area contributed by atoms with Crippen LogP contribution in [-0.4, -0.2) is 61.2 Å². The summed E-state index contributed by atoms with van der Waals surface area (Å²) in [5.74, 6) is 0.825. The summed E-state index contributed by atoms with van der Waals surface area (Å²) in [5.41, 5.74) is 1.18. The van der Waals surface area contributed by atoms with Gasteiger partial charge in [0.1, 0.15) is 0 Å². The zero-order valence-corrected chi connectivity index (χ0v) is 17.7. The van der Waals surface area contributed by atoms with Gasteiger partial charge in [0.25, 0.3) is 10.0 Å². The molecular formula is C21H30N4O3S. The maximum absolute atomic E-state index is 13.1. The second-order valence-corrected chi connectivity index (χ2v) is 10.0. The van der Waals surface area contributed by atoms with E-state index in [1.165, 1.54) is 11.9 Å². The normalized spacial score (nSPS) is 24.2. The van der Waals surface area contributed by atoms with E-state index in [9.17, 15) is 8.42 Å². The maximum Gasteiger partial charge on any atom is 0.262 e. The second-order valence-electron chi connectivity index (χ2n) is 8.12. The maximum atomic E-state index is 13.1. The quantitative estimate of drug-likeness (QED) is 0.744. The van der Waals surface area contributed by atoms with Gasteiger partial charge in [-0.2, -0.15) is 4.31 Å². The lowest BCUT2D eigenvalue weighted by atomic mass is 9.93. The zero-order valence-electron chi connectivity index (χ0n) is 16.9. The van der Waals surface area contributed by atoms with Crippen LogP contribution in [0.2, 0.25) is 0 Å². The molecule has 2 aromatic rings. The van der Waals surface area contributed by atoms with Gasteiger partial charge in [0.05, 0.1) is 6.33 Å². The molecule has 0 spiro atoms. The summed E-state index contributed by atoms with van der Waals surface area (Å²) in [4.78, 5) is 4.08. The van der Waals surface area contributed by atoms with Crippen LogP contribution in [0.15, 0.2) is 47.9 Å². The highest BCUT2D eigenvalue weighted by molar-refractivity contribution is 7.89. The molecule has 29 heavy (non-hydrogen) atoms. The first kappa shape index (κ1) is 20.5. The lowest BCUT2D eigenvalue weighted by Crippen LogP contribution is -2.38. The van der Waals surface area contributed by atoms with Crippen molar-refractivity contribution in [1.82, 2.24) is 19.2 Å². The summed E-state index contributed by atoms with van der Waals surface area (Å²) in [6.07, 6.45) is 6.44. The molecule has 1 N–H and O–H groups in total. The summed E-state index contributed by atoms with van der Waals surface area (Å²) >= 11 is 0. The molecule has 0 unspecified atom stereocenters. The van der Waals surface area contributed by atoms with Crippen molar-refractivity contribution >= 4 is 10.0 Å². The SMILES string of the molecule is Cn1cnc(S(=O)(=O)N2C[C@H](NCCC3CCOCC3)[C@@H](c3ccccc3)C2)c1. The van der Waals surface area contributed by atoms with Crippen molar-refractivity contribution in [3.63, 3.8) is 0 Å². The topological polar surface area (TPSA) is 76.5 Å². The molecule has 1 aromatic carbocycles. The number of hydrogen-bond donors (Lipinski definition) is 1. The fourth-order valence-electron chi connectivity index (χ4n) is 4.37. The summed E-state index contributed by atoms with van der Waals surface area (Å²) in [6.45, 7) is 3.55. The number of nitrogens with zero attached hydrogens (tertiary/aromatic N) is 3. The Morgan fingerprint density at radius 3 is 2.62 bits per heavy atom. The first-order valence-corrected chi connectivity index (χ1v) is 11.8. The Balaban J connectivity index is 1.47. The number of ether oxygens (including phenoxy) is 1. The van der Waals surface area contributed by atoms with Crippen LogP contribution in [0.3, 0.4) is 0 Å². The third kappa shape index (κ3) is 4.71. The molecular weight excluding hydrogens is 388 g/mol. The first-order chi connectivity index (χ1) is 14.0. The minimum absolute atomic E-state index is 0.0933. The Morgan fingerprint density at radius 1 is 1.17 bits per heavy atom. The Kier molecular flexibility index (Phi) is 6.34. The fourth-order valence-corrected chi connectivity index (χ4v) is 5.83. The summed E-state index contributed by atoms with van der Waals surface area (Å²) in [6, 6.07) is 10.3. The summed E-state index contributed by atoms with van der Waals surface area (Å²) < 4.78 is 34.9. The molecule has 0 amide bonds. The van der Waals surface area contributed by atoms with E-state index in [0.29, 0.717) is 19.0 Å². The molecule has 0 radical (unpaired) electrons. The number of sulfonamides is 1. The predicted molar refractivity (Wildman–Crippen MR) is 111 cm³/mol. The van der Waals surface area contributed by atoms with Crippen LogP contribution in [-0.2, 0) is 21.8 Å². The largest absolute Gasteiger partial charge is 0.381 e. The van der Waals surface area contributed by atoms with Crippen LogP contribution in [0.25, 0.3) is 0 Å². The number of nitrogens with one attached hydrogen (secondary N) is 1. The van der Waals surface area contributed by atoms with E-state index in [0.717, 1.165) is 39.0 Å². The van der Waals surface area contributed by atoms with Gasteiger partial charge in [0, 0.05) is 51.5 Å². The number of aryl methyl sites for hydroxylation is 1. The highest BCUT2D eigenvalue weighted by Gasteiger charge is 2.40. The smallest absolute Gasteiger partial charge is 0.262 e. The summed E-state index contributed by atoms with van der Waals surface area (Å²) in [7, 11) is -1.81. The van der Waals surface area contributed by atoms with E-state index < -0.39 is 10.0 Å². The van der Waals surface area contributed by atoms with Crippen LogP contribution in [0, 0.1) is 5.92 Å². The lowest BCUT2D eigenvalue weighted by Gasteiger charge is -2.24. The van der Waals surface area contributed by atoms with Crippen molar-refractivity contribution < 1.29 is 13.2 Å². The molecule has 1 aromatic heterocycles. The van der Waals surface area contributed by atoms with E-state index in [4.69, 9.17) is 4.74 Å². The monoisotopic (exact) mass is 418 g/mol. The van der Waals surface area contributed by atoms with E-state index in [-0.39, 0.29) is 17.0 Å². The lowest BCUT2D eigenvalue weighted by molar-refractivity contribution is 0.0637. The zero-order chi connectivity index (χ0) is 20.3. The molecule has 2 aliphatic heterocycles. The molecule has 3 heterocycles. The van der Waals surface area contributed by atoms with Gasteiger partial charge in [-0.3, -0.25) is 0 Å². The van der Waals surface area contributed by atoms with Gasteiger partial charge in [-0.1, -0.05) is 30.3 Å². The minimum atomic E-state index is -3.59. The van der Waals surface area contributed by atoms with E-state index in [1.807, 2.05) is 18.2 Å². The Bertz CT molecular complexity index is 894. The molecule has 0 bridgehead atoms. The average Bonchev–Trinajstić information content (AvgIpc) is 3.37. The van der Waals surface area contributed by atoms with E-state index >= 15 is 0 Å². The van der Waals surface area contributed by atoms with Gasteiger partial charge in [-0.25, -0.2) is 13.4 Å². The van der Waals surface area contributed by atoms with Crippen LogP contribution in [0.5, 0.6) is 0 Å². The molecule has 8 heteroatoms. The van der Waals surface area contributed by atoms with Gasteiger partial charge in [-0.05, 0) is 37.3 Å². The highest BCUT2D eigenvalue weighted by atomic mass is 32.2. The number of rotatable bonds is 7. The van der Waals surface area contributed by atoms with Crippen molar-refractivity contribution in [2.75, 3.05) is 32.8 Å². The van der Waals surface area contributed by atoms with Crippen molar-refractivity contribution in [3.05, 3.63) is 48.4 Å². The molecule has 7 nitrogen and oxygen atoms in total. The Morgan fingerprint density at radius 2 is 1.93 bits per heavy atom. The third-order valence-corrected chi connectivity index (χ3v) is 7.82. The van der Waals surface area contributed by atoms with Crippen LogP contribution in [0.4, 0.5) is 0 Å². The van der Waals surface area contributed by atoms with Crippen molar-refractivity contribution in [2.45, 2.75) is 36.2 Å². The summed E-state index contributed by atoms with van der Waals surface area (Å²) in [5, 5.41) is 3.78. The molecule has 2 fully saturated rings. The van der Waals surface area contributed by atoms with Crippen molar-refractivity contribution in [3.8, 4) is 0 Å². The Labute approximate surface area is 173 Å². The third-order valence-electron chi connectivity index (χ3n) is 6.10. The van der Waals surface area contributed by atoms with Gasteiger partial charge < -0.3 is 14.6 Å². The molecule has 4 rings (SSSR count). The predicted octanol–water partition coefficient (Wildman–Crippen LogP) is 1.98. The van der Waals surface area contributed by atoms with E-state index in [2.05, 4.69) is 22.4 Å². The number of hydrogen-bond acceptors (Lipinski definition) is 5. The molecule has 0 aliphatic carbocycles. The van der Waals surface area contributed by atoms with Crippen LogP contribution < -0.4 is 5.32 Å². The highest BCUT2D eigenvalue weighted by Crippen LogP contribution is 2.31. The number of aromatic nitrogens is 2. The standard InChI is InChI=1S/C21H30N4O3S/c1-24-15-21(23-16-24)29(26,27)25-13-19(18-5-3-2-4-6-18)20(14-25)22-10-7-17-8-11-28-12-9-17/h2-6,15-17,19-20,22H,7-14H2,1H3/t19-,20+/m1/s1. The van der Waals surface area contributed by atoms with Gasteiger partial charge in [0.15, 0.2) is 5.03 Å². The molecule has 2 atom stereocenters. The van der Waals surface area contributed by atoms with Crippen molar-refractivity contribution in [1.29, 1.82) is 0 Å². The molecule has 2 aliphatic rings. The molecule has 0 saturated carbocycles. The van der Waals surface area contributed by atoms with Crippen LogP contribution >= 0.6 is 0 Å².